The molecule has 0 amide bonds. The molecular formula is C13H5Br2ClO3. The molecule has 1 heterocycles. The van der Waals surface area contributed by atoms with Crippen molar-refractivity contribution in [3.63, 3.8) is 0 Å². The number of halogens is 3. The summed E-state index contributed by atoms with van der Waals surface area (Å²) in [6.07, 6.45) is 0. The van der Waals surface area contributed by atoms with Crippen molar-refractivity contribution in [2.45, 2.75) is 0 Å². The molecule has 0 aliphatic heterocycles. The minimum atomic E-state index is -0.321. The second-order valence-corrected chi connectivity index (χ2v) is 6.11. The van der Waals surface area contributed by atoms with Crippen LogP contribution in [0.3, 0.4) is 0 Å². The maximum atomic E-state index is 12.4. The number of phenols is 1. The molecule has 0 unspecified atom stereocenters. The van der Waals surface area contributed by atoms with Gasteiger partial charge >= 0.3 is 0 Å². The fraction of sp³-hybridized carbons (Fsp3) is 0. The minimum absolute atomic E-state index is 0.121. The Kier molecular flexibility index (Phi) is 3.08. The van der Waals surface area contributed by atoms with Gasteiger partial charge in [0.2, 0.25) is 5.43 Å². The van der Waals surface area contributed by atoms with Crippen molar-refractivity contribution < 1.29 is 9.52 Å². The summed E-state index contributed by atoms with van der Waals surface area (Å²) in [5.74, 6) is -0.145. The van der Waals surface area contributed by atoms with Crippen molar-refractivity contribution in [3.8, 4) is 5.75 Å². The third-order valence-corrected chi connectivity index (χ3v) is 4.21. The number of phenolic OH excluding ortho intramolecular Hbond substituents is 1. The summed E-state index contributed by atoms with van der Waals surface area (Å²) in [5.41, 5.74) is 0.406. The molecule has 0 aliphatic rings. The first-order chi connectivity index (χ1) is 8.99. The highest BCUT2D eigenvalue weighted by atomic mass is 79.9. The normalized spacial score (nSPS) is 11.3. The van der Waals surface area contributed by atoms with Gasteiger partial charge in [-0.25, -0.2) is 0 Å². The summed E-state index contributed by atoms with van der Waals surface area (Å²) >= 11 is 12.4. The van der Waals surface area contributed by atoms with E-state index in [9.17, 15) is 9.90 Å². The topological polar surface area (TPSA) is 50.4 Å². The number of fused-ring (bicyclic) bond motifs is 2. The van der Waals surface area contributed by atoms with Crippen molar-refractivity contribution in [3.05, 3.63) is 48.5 Å². The molecule has 1 N–H and O–H groups in total. The molecule has 0 spiro atoms. The first-order valence-electron chi connectivity index (χ1n) is 5.22. The van der Waals surface area contributed by atoms with E-state index in [0.29, 0.717) is 30.5 Å². The largest absolute Gasteiger partial charge is 0.506 e. The highest BCUT2D eigenvalue weighted by Crippen LogP contribution is 2.37. The standard InChI is InChI=1S/C13H5Br2ClO3/c14-7-4-8(15)13-10(12(7)18)11(17)6-3-5(16)1-2-9(6)19-13/h1-4,18H. The van der Waals surface area contributed by atoms with Gasteiger partial charge < -0.3 is 9.52 Å². The molecule has 0 aliphatic carbocycles. The SMILES string of the molecule is O=c1c2cc(Cl)ccc2oc2c(Br)cc(Br)c(O)c12. The van der Waals surface area contributed by atoms with E-state index in [1.807, 2.05) is 0 Å². The molecule has 0 fully saturated rings. The summed E-state index contributed by atoms with van der Waals surface area (Å²) < 4.78 is 6.66. The Hall–Kier alpha value is -1.04. The third kappa shape index (κ3) is 1.96. The van der Waals surface area contributed by atoms with E-state index in [-0.39, 0.29) is 16.6 Å². The fourth-order valence-corrected chi connectivity index (χ4v) is 3.33. The van der Waals surface area contributed by atoms with Crippen LogP contribution < -0.4 is 5.43 Å². The summed E-state index contributed by atoms with van der Waals surface area (Å²) in [4.78, 5) is 12.4. The zero-order chi connectivity index (χ0) is 13.7. The second-order valence-electron chi connectivity index (χ2n) is 3.96. The predicted molar refractivity (Wildman–Crippen MR) is 82.1 cm³/mol. The molecule has 96 valence electrons. The lowest BCUT2D eigenvalue weighted by Crippen LogP contribution is -2.03. The third-order valence-electron chi connectivity index (χ3n) is 2.79. The number of hydrogen-bond acceptors (Lipinski definition) is 3. The minimum Gasteiger partial charge on any atom is -0.506 e. The Bertz CT molecular complexity index is 887. The van der Waals surface area contributed by atoms with Gasteiger partial charge in [-0.1, -0.05) is 11.6 Å². The number of aromatic hydroxyl groups is 1. The van der Waals surface area contributed by atoms with Crippen LogP contribution in [0.4, 0.5) is 0 Å². The Labute approximate surface area is 129 Å². The van der Waals surface area contributed by atoms with Crippen LogP contribution in [0.1, 0.15) is 0 Å². The van der Waals surface area contributed by atoms with Gasteiger partial charge in [0, 0.05) is 5.02 Å². The average Bonchev–Trinajstić information content (AvgIpc) is 2.37. The van der Waals surface area contributed by atoms with Crippen LogP contribution in [-0.2, 0) is 0 Å². The molecule has 3 nitrogen and oxygen atoms in total. The average molecular weight is 404 g/mol. The van der Waals surface area contributed by atoms with E-state index in [0.717, 1.165) is 0 Å². The molecule has 0 bridgehead atoms. The van der Waals surface area contributed by atoms with Crippen molar-refractivity contribution in [2.24, 2.45) is 0 Å². The lowest BCUT2D eigenvalue weighted by atomic mass is 10.1. The summed E-state index contributed by atoms with van der Waals surface area (Å²) in [5, 5.41) is 10.9. The van der Waals surface area contributed by atoms with E-state index in [4.69, 9.17) is 16.0 Å². The fourth-order valence-electron chi connectivity index (χ4n) is 1.92. The summed E-state index contributed by atoms with van der Waals surface area (Å²) in [7, 11) is 0. The maximum absolute atomic E-state index is 12.4. The van der Waals surface area contributed by atoms with Gasteiger partial charge in [-0.2, -0.15) is 0 Å². The molecule has 3 aromatic rings. The quantitative estimate of drug-likeness (QED) is 0.546. The van der Waals surface area contributed by atoms with E-state index < -0.39 is 0 Å². The second kappa shape index (κ2) is 4.51. The van der Waals surface area contributed by atoms with Gasteiger partial charge in [0.05, 0.1) is 14.3 Å². The van der Waals surface area contributed by atoms with Crippen molar-refractivity contribution in [1.82, 2.24) is 0 Å². The molecule has 0 saturated carbocycles. The van der Waals surface area contributed by atoms with Crippen LogP contribution in [0.15, 0.2) is 42.4 Å². The van der Waals surface area contributed by atoms with Gasteiger partial charge in [-0.15, -0.1) is 0 Å². The van der Waals surface area contributed by atoms with Crippen molar-refractivity contribution in [1.29, 1.82) is 0 Å². The van der Waals surface area contributed by atoms with E-state index in [1.54, 1.807) is 18.2 Å². The molecule has 6 heteroatoms. The first kappa shape index (κ1) is 13.0. The van der Waals surface area contributed by atoms with Crippen LogP contribution >= 0.6 is 43.5 Å². The number of benzene rings is 2. The first-order valence-corrected chi connectivity index (χ1v) is 7.18. The zero-order valence-corrected chi connectivity index (χ0v) is 13.1. The van der Waals surface area contributed by atoms with Gasteiger partial charge in [0.15, 0.2) is 5.58 Å². The van der Waals surface area contributed by atoms with E-state index in [2.05, 4.69) is 31.9 Å². The molecule has 2 aromatic carbocycles. The molecule has 0 saturated heterocycles. The van der Waals surface area contributed by atoms with Gasteiger partial charge in [0.25, 0.3) is 0 Å². The Balaban J connectivity index is 2.66. The highest BCUT2D eigenvalue weighted by Gasteiger charge is 2.16. The van der Waals surface area contributed by atoms with Crippen LogP contribution in [0.5, 0.6) is 5.75 Å². The van der Waals surface area contributed by atoms with E-state index in [1.165, 1.54) is 6.07 Å². The van der Waals surface area contributed by atoms with Crippen LogP contribution in [-0.4, -0.2) is 5.11 Å². The van der Waals surface area contributed by atoms with Crippen molar-refractivity contribution >= 4 is 65.4 Å². The van der Waals surface area contributed by atoms with Crippen molar-refractivity contribution in [2.75, 3.05) is 0 Å². The number of rotatable bonds is 0. The zero-order valence-electron chi connectivity index (χ0n) is 9.21. The van der Waals surface area contributed by atoms with Crippen LogP contribution in [0, 0.1) is 0 Å². The molecule has 19 heavy (non-hydrogen) atoms. The summed E-state index contributed by atoms with van der Waals surface area (Å²) in [6, 6.07) is 6.42. The maximum Gasteiger partial charge on any atom is 0.204 e. The lowest BCUT2D eigenvalue weighted by molar-refractivity contribution is 0.477. The van der Waals surface area contributed by atoms with E-state index >= 15 is 0 Å². The number of hydrogen-bond donors (Lipinski definition) is 1. The smallest absolute Gasteiger partial charge is 0.204 e. The molecule has 1 aromatic heterocycles. The summed E-state index contributed by atoms with van der Waals surface area (Å²) in [6.45, 7) is 0. The lowest BCUT2D eigenvalue weighted by Gasteiger charge is -2.06. The monoisotopic (exact) mass is 402 g/mol. The van der Waals surface area contributed by atoms with Gasteiger partial charge in [-0.3, -0.25) is 4.79 Å². The van der Waals surface area contributed by atoms with Gasteiger partial charge in [-0.05, 0) is 56.1 Å². The Morgan fingerprint density at radius 3 is 2.63 bits per heavy atom. The van der Waals surface area contributed by atoms with Crippen LogP contribution in [0.25, 0.3) is 21.9 Å². The molecular weight excluding hydrogens is 399 g/mol. The molecule has 0 radical (unpaired) electrons. The van der Waals surface area contributed by atoms with Gasteiger partial charge in [0.1, 0.15) is 16.7 Å². The predicted octanol–water partition coefficient (Wildman–Crippen LogP) is 4.83. The molecule has 0 atom stereocenters. The Morgan fingerprint density at radius 2 is 1.89 bits per heavy atom. The molecule has 3 rings (SSSR count). The highest BCUT2D eigenvalue weighted by molar-refractivity contribution is 9.11. The van der Waals surface area contributed by atoms with Crippen LogP contribution in [0.2, 0.25) is 5.02 Å². The Morgan fingerprint density at radius 1 is 1.16 bits per heavy atom.